The highest BCUT2D eigenvalue weighted by Crippen LogP contribution is 2.20. The van der Waals surface area contributed by atoms with Crippen molar-refractivity contribution < 1.29 is 14.8 Å². The van der Waals surface area contributed by atoms with E-state index in [0.29, 0.717) is 27.0 Å². The number of imidazole rings is 1. The number of likely N-dealkylation sites (N-methyl/N-ethyl adjacent to an activating group) is 1. The second-order valence-corrected chi connectivity index (χ2v) is 6.78. The molecule has 0 bridgehead atoms. The van der Waals surface area contributed by atoms with Crippen LogP contribution in [0.3, 0.4) is 0 Å². The summed E-state index contributed by atoms with van der Waals surface area (Å²) in [6.45, 7) is 0.185. The summed E-state index contributed by atoms with van der Waals surface area (Å²) in [5.74, 6) is -0.0836. The van der Waals surface area contributed by atoms with Crippen molar-refractivity contribution in [2.75, 3.05) is 25.5 Å². The Bertz CT molecular complexity index is 1050. The molecular formula is C20H19ClN5O2+. The van der Waals surface area contributed by atoms with E-state index in [4.69, 9.17) is 11.6 Å². The number of carbonyl (C=O) groups is 1. The monoisotopic (exact) mass is 396 g/mol. The van der Waals surface area contributed by atoms with Crippen LogP contribution in [-0.4, -0.2) is 41.1 Å². The topological polar surface area (TPSA) is 106 Å². The number of H-pyrrole nitrogens is 1. The number of fused-ring (bicyclic) bond motifs is 1. The van der Waals surface area contributed by atoms with Crippen LogP contribution >= 0.6 is 11.6 Å². The molecule has 0 spiro atoms. The van der Waals surface area contributed by atoms with Gasteiger partial charge in [0.25, 0.3) is 5.91 Å². The number of anilines is 1. The molecule has 3 rings (SSSR count). The molecule has 28 heavy (non-hydrogen) atoms. The van der Waals surface area contributed by atoms with Crippen molar-refractivity contribution in [3.63, 3.8) is 0 Å². The van der Waals surface area contributed by atoms with Crippen LogP contribution in [0.2, 0.25) is 5.02 Å². The Morgan fingerprint density at radius 1 is 1.25 bits per heavy atom. The fourth-order valence-corrected chi connectivity index (χ4v) is 2.98. The van der Waals surface area contributed by atoms with Gasteiger partial charge in [-0.3, -0.25) is 4.79 Å². The quantitative estimate of drug-likeness (QED) is 0.378. The number of aliphatic hydroxyl groups excluding tert-OH is 1. The van der Waals surface area contributed by atoms with Gasteiger partial charge in [-0.25, -0.2) is 4.98 Å². The zero-order chi connectivity index (χ0) is 20.1. The van der Waals surface area contributed by atoms with E-state index < -0.39 is 0 Å². The highest BCUT2D eigenvalue weighted by atomic mass is 35.5. The summed E-state index contributed by atoms with van der Waals surface area (Å²) < 4.78 is 0. The molecule has 2 aromatic carbocycles. The summed E-state index contributed by atoms with van der Waals surface area (Å²) in [7, 11) is 1.75. The highest BCUT2D eigenvalue weighted by molar-refractivity contribution is 6.33. The van der Waals surface area contributed by atoms with Crippen LogP contribution < -0.4 is 10.2 Å². The molecule has 1 atom stereocenters. The Morgan fingerprint density at radius 3 is 2.68 bits per heavy atom. The molecule has 1 amide bonds. The summed E-state index contributed by atoms with van der Waals surface area (Å²) in [4.78, 5) is 20.3. The van der Waals surface area contributed by atoms with Gasteiger partial charge in [0.2, 0.25) is 0 Å². The Hall–Kier alpha value is -3.34. The number of rotatable bonds is 6. The molecule has 0 fully saturated rings. The molecule has 4 N–H and O–H groups in total. The van der Waals surface area contributed by atoms with Crippen LogP contribution in [-0.2, 0) is 4.79 Å². The number of benzene rings is 2. The smallest absolute Gasteiger partial charge is 0.279 e. The van der Waals surface area contributed by atoms with Crippen LogP contribution in [0.4, 0.5) is 5.69 Å². The SMILES string of the molecule is C[NH+](CC(=O)Nc1ccccc1Cl)C/C(O)=C(\C#N)c1nc2ccccc2[nH]1. The summed E-state index contributed by atoms with van der Waals surface area (Å²) in [5.41, 5.74) is 2.07. The first-order valence-corrected chi connectivity index (χ1v) is 8.98. The van der Waals surface area contributed by atoms with E-state index in [0.717, 1.165) is 5.52 Å². The Morgan fingerprint density at radius 2 is 1.96 bits per heavy atom. The van der Waals surface area contributed by atoms with Gasteiger partial charge in [0.1, 0.15) is 18.2 Å². The molecule has 1 aromatic heterocycles. The number of hydrogen-bond donors (Lipinski definition) is 4. The number of halogens is 1. The Balaban J connectivity index is 1.69. The van der Waals surface area contributed by atoms with Crippen molar-refractivity contribution in [1.82, 2.24) is 9.97 Å². The van der Waals surface area contributed by atoms with Crippen LogP contribution in [0.1, 0.15) is 5.82 Å². The second kappa shape index (κ2) is 8.57. The number of allylic oxidation sites excluding steroid dienone is 1. The van der Waals surface area contributed by atoms with Crippen molar-refractivity contribution in [1.29, 1.82) is 5.26 Å². The van der Waals surface area contributed by atoms with Gasteiger partial charge in [-0.05, 0) is 24.3 Å². The maximum atomic E-state index is 12.2. The third-order valence-corrected chi connectivity index (χ3v) is 4.44. The number of quaternary nitrogens is 1. The van der Waals surface area contributed by atoms with E-state index in [9.17, 15) is 15.2 Å². The van der Waals surface area contributed by atoms with E-state index in [1.807, 2.05) is 30.3 Å². The number of aromatic amines is 1. The average molecular weight is 397 g/mol. The molecule has 1 unspecified atom stereocenters. The number of nitrogens with zero attached hydrogens (tertiary/aromatic N) is 2. The van der Waals surface area contributed by atoms with Crippen molar-refractivity contribution in [2.24, 2.45) is 0 Å². The van der Waals surface area contributed by atoms with Crippen LogP contribution in [0.5, 0.6) is 0 Å². The lowest BCUT2D eigenvalue weighted by molar-refractivity contribution is -0.867. The molecule has 7 nitrogen and oxygen atoms in total. The van der Waals surface area contributed by atoms with Gasteiger partial charge in [-0.1, -0.05) is 35.9 Å². The van der Waals surface area contributed by atoms with Crippen molar-refractivity contribution in [2.45, 2.75) is 0 Å². The fourth-order valence-electron chi connectivity index (χ4n) is 2.79. The first kappa shape index (κ1) is 19.4. The number of aromatic nitrogens is 2. The first-order chi connectivity index (χ1) is 13.5. The third kappa shape index (κ3) is 4.49. The number of carbonyl (C=O) groups excluding carboxylic acids is 1. The zero-order valence-electron chi connectivity index (χ0n) is 15.2. The normalized spacial score (nSPS) is 12.9. The fraction of sp³-hybridized carbons (Fsp3) is 0.150. The first-order valence-electron chi connectivity index (χ1n) is 8.61. The van der Waals surface area contributed by atoms with E-state index in [1.165, 1.54) is 0 Å². The van der Waals surface area contributed by atoms with Crippen molar-refractivity contribution in [3.8, 4) is 6.07 Å². The van der Waals surface area contributed by atoms with Crippen molar-refractivity contribution in [3.05, 3.63) is 65.1 Å². The lowest BCUT2D eigenvalue weighted by Gasteiger charge is -2.14. The summed E-state index contributed by atoms with van der Waals surface area (Å²) in [6, 6.07) is 16.3. The van der Waals surface area contributed by atoms with Gasteiger partial charge in [0, 0.05) is 0 Å². The van der Waals surface area contributed by atoms with E-state index >= 15 is 0 Å². The molecule has 3 aromatic rings. The highest BCUT2D eigenvalue weighted by Gasteiger charge is 2.18. The van der Waals surface area contributed by atoms with E-state index in [-0.39, 0.29) is 30.3 Å². The lowest BCUT2D eigenvalue weighted by Crippen LogP contribution is -3.10. The number of amides is 1. The van der Waals surface area contributed by atoms with E-state index in [1.54, 1.807) is 31.3 Å². The van der Waals surface area contributed by atoms with Crippen LogP contribution in [0.15, 0.2) is 54.3 Å². The molecule has 0 aliphatic carbocycles. The van der Waals surface area contributed by atoms with Gasteiger partial charge in [-0.2, -0.15) is 5.26 Å². The van der Waals surface area contributed by atoms with Crippen LogP contribution in [0, 0.1) is 11.3 Å². The molecule has 1 heterocycles. The third-order valence-electron chi connectivity index (χ3n) is 4.11. The minimum atomic E-state index is -0.249. The van der Waals surface area contributed by atoms with Crippen molar-refractivity contribution >= 4 is 39.8 Å². The minimum Gasteiger partial charge on any atom is -0.506 e. The molecule has 0 aliphatic rings. The molecule has 0 radical (unpaired) electrons. The number of nitrogens with one attached hydrogen (secondary N) is 3. The number of para-hydroxylation sites is 3. The lowest BCUT2D eigenvalue weighted by atomic mass is 10.2. The van der Waals surface area contributed by atoms with Gasteiger partial charge >= 0.3 is 0 Å². The minimum absolute atomic E-state index is 0.0575. The largest absolute Gasteiger partial charge is 0.506 e. The predicted octanol–water partition coefficient (Wildman–Crippen LogP) is 2.16. The number of hydrogen-bond acceptors (Lipinski definition) is 4. The molecule has 8 heteroatoms. The molecule has 0 aliphatic heterocycles. The Kier molecular flexibility index (Phi) is 5.94. The van der Waals surface area contributed by atoms with Gasteiger partial charge < -0.3 is 20.3 Å². The summed E-state index contributed by atoms with van der Waals surface area (Å²) in [5, 5.41) is 23.1. The molecule has 142 valence electrons. The van der Waals surface area contributed by atoms with Gasteiger partial charge in [0.05, 0.1) is 28.8 Å². The summed E-state index contributed by atoms with van der Waals surface area (Å²) in [6.07, 6.45) is 0. The van der Waals surface area contributed by atoms with Crippen LogP contribution in [0.25, 0.3) is 16.6 Å². The maximum Gasteiger partial charge on any atom is 0.279 e. The summed E-state index contributed by atoms with van der Waals surface area (Å²) >= 11 is 6.04. The zero-order valence-corrected chi connectivity index (χ0v) is 15.9. The predicted molar refractivity (Wildman–Crippen MR) is 108 cm³/mol. The second-order valence-electron chi connectivity index (χ2n) is 6.37. The molecule has 0 saturated heterocycles. The number of aliphatic hydroxyl groups is 1. The standard InChI is InChI=1S/C20H18ClN5O2/c1-26(12-19(28)23-15-7-3-2-6-14(15)21)11-18(27)13(10-22)20-24-16-8-4-5-9-17(16)25-20/h2-9,27H,11-12H2,1H3,(H,23,28)(H,24,25)/p+1/b18-13-. The molecular weight excluding hydrogens is 378 g/mol. The average Bonchev–Trinajstić information content (AvgIpc) is 3.07. The Labute approximate surface area is 166 Å². The van der Waals surface area contributed by atoms with Gasteiger partial charge in [0.15, 0.2) is 18.1 Å². The number of nitriles is 1. The maximum absolute atomic E-state index is 12.2. The molecule has 0 saturated carbocycles. The van der Waals surface area contributed by atoms with E-state index in [2.05, 4.69) is 15.3 Å². The van der Waals surface area contributed by atoms with Gasteiger partial charge in [-0.15, -0.1) is 0 Å².